The van der Waals surface area contributed by atoms with Gasteiger partial charge >= 0.3 is 0 Å². The molecule has 1 saturated heterocycles. The van der Waals surface area contributed by atoms with Crippen molar-refractivity contribution in [3.63, 3.8) is 0 Å². The van der Waals surface area contributed by atoms with Crippen LogP contribution in [0.5, 0.6) is 0 Å². The highest BCUT2D eigenvalue weighted by Gasteiger charge is 2.34. The van der Waals surface area contributed by atoms with E-state index < -0.39 is 0 Å². The molecular weight excluding hydrogens is 429 g/mol. The van der Waals surface area contributed by atoms with Crippen molar-refractivity contribution >= 4 is 29.3 Å². The van der Waals surface area contributed by atoms with E-state index in [0.29, 0.717) is 24.2 Å². The van der Waals surface area contributed by atoms with Crippen molar-refractivity contribution < 1.29 is 9.18 Å². The number of carbonyl (C=O) groups excluding carboxylic acids is 1. The van der Waals surface area contributed by atoms with Crippen molar-refractivity contribution in [3.8, 4) is 0 Å². The Balaban J connectivity index is 1.73. The Hall–Kier alpha value is -2.72. The summed E-state index contributed by atoms with van der Waals surface area (Å²) in [5, 5.41) is 6.38. The lowest BCUT2D eigenvalue weighted by Gasteiger charge is -2.36. The van der Waals surface area contributed by atoms with Gasteiger partial charge in [0.05, 0.1) is 18.4 Å². The molecule has 0 aliphatic carbocycles. The number of halogens is 1. The molecular formula is C22H26FN7OS. The number of carbonyl (C=O) groups is 1. The van der Waals surface area contributed by atoms with Crippen molar-refractivity contribution in [3.05, 3.63) is 53.4 Å². The van der Waals surface area contributed by atoms with Crippen LogP contribution in [-0.2, 0) is 6.42 Å². The first-order valence-corrected chi connectivity index (χ1v) is 12.1. The lowest BCUT2D eigenvalue weighted by atomic mass is 9.98. The second-order valence-electron chi connectivity index (χ2n) is 8.22. The van der Waals surface area contributed by atoms with Crippen molar-refractivity contribution in [2.75, 3.05) is 24.2 Å². The van der Waals surface area contributed by atoms with Gasteiger partial charge in [-0.25, -0.2) is 23.3 Å². The normalized spacial score (nSPS) is 21.9. The molecule has 10 heteroatoms. The molecule has 168 valence electrons. The number of likely N-dealkylation sites (N-methyl/N-ethyl adjacent to an activating group) is 1. The summed E-state index contributed by atoms with van der Waals surface area (Å²) < 4.78 is 17.6. The van der Waals surface area contributed by atoms with Gasteiger partial charge in [-0.2, -0.15) is 5.10 Å². The zero-order valence-corrected chi connectivity index (χ0v) is 19.2. The van der Waals surface area contributed by atoms with Crippen molar-refractivity contribution in [1.82, 2.24) is 29.0 Å². The Morgan fingerprint density at radius 3 is 2.94 bits per heavy atom. The second kappa shape index (κ2) is 8.32. The molecule has 0 spiro atoms. The van der Waals surface area contributed by atoms with Gasteiger partial charge in [0.25, 0.3) is 5.91 Å². The van der Waals surface area contributed by atoms with Gasteiger partial charge in [-0.3, -0.25) is 9.78 Å². The number of hydrogen-bond acceptors (Lipinski definition) is 7. The number of fused-ring (bicyclic) bond motifs is 5. The molecule has 1 fully saturated rings. The Morgan fingerprint density at radius 2 is 2.16 bits per heavy atom. The van der Waals surface area contributed by atoms with Crippen LogP contribution in [0.15, 0.2) is 30.7 Å². The van der Waals surface area contributed by atoms with E-state index in [1.165, 1.54) is 18.1 Å². The maximum absolute atomic E-state index is 14.3. The summed E-state index contributed by atoms with van der Waals surface area (Å²) in [6.45, 7) is 5.55. The number of nitrogens with zero attached hydrogens (tertiary/aromatic N) is 7. The summed E-state index contributed by atoms with van der Waals surface area (Å²) in [5.41, 5.74) is 2.76. The van der Waals surface area contributed by atoms with E-state index in [1.54, 1.807) is 21.2 Å². The third-order valence-corrected chi connectivity index (χ3v) is 7.08. The van der Waals surface area contributed by atoms with Crippen LogP contribution in [0, 0.1) is 5.82 Å². The highest BCUT2D eigenvalue weighted by atomic mass is 32.2. The Bertz CT molecular complexity index is 1170. The van der Waals surface area contributed by atoms with Crippen LogP contribution in [-0.4, -0.2) is 60.3 Å². The Kier molecular flexibility index (Phi) is 5.50. The first-order chi connectivity index (χ1) is 15.5. The van der Waals surface area contributed by atoms with E-state index in [4.69, 9.17) is 4.98 Å². The summed E-state index contributed by atoms with van der Waals surface area (Å²) >= 11 is 1.35. The molecule has 5 heterocycles. The first kappa shape index (κ1) is 21.1. The smallest absolute Gasteiger partial charge is 0.283 e. The third kappa shape index (κ3) is 3.41. The van der Waals surface area contributed by atoms with Gasteiger partial charge in [0.1, 0.15) is 17.2 Å². The zero-order valence-electron chi connectivity index (χ0n) is 18.4. The standard InChI is InChI=1S/C22H26FN7OS/c1-4-29-14(2)10-18-16(11-15(23)12-24-18)19-6-5-8-27(19)20-7-9-28-21(26-20)17(13-25-28)22(31)30(29)32-3/h7,9,11-14,19H,4-6,8,10H2,1-3H3/t14-,19?/m0/s1. The highest BCUT2D eigenvalue weighted by Crippen LogP contribution is 2.38. The predicted molar refractivity (Wildman–Crippen MR) is 122 cm³/mol. The second-order valence-corrected chi connectivity index (χ2v) is 8.93. The maximum Gasteiger partial charge on any atom is 0.283 e. The average Bonchev–Trinajstić information content (AvgIpc) is 3.44. The van der Waals surface area contributed by atoms with Crippen LogP contribution in [0.3, 0.4) is 0 Å². The monoisotopic (exact) mass is 455 g/mol. The predicted octanol–water partition coefficient (Wildman–Crippen LogP) is 3.51. The Morgan fingerprint density at radius 1 is 1.31 bits per heavy atom. The number of hydrazine groups is 1. The van der Waals surface area contributed by atoms with Gasteiger partial charge in [-0.05, 0) is 49.4 Å². The lowest BCUT2D eigenvalue weighted by molar-refractivity contribution is 0.0270. The van der Waals surface area contributed by atoms with E-state index in [-0.39, 0.29) is 23.8 Å². The number of anilines is 1. The van der Waals surface area contributed by atoms with E-state index in [0.717, 1.165) is 36.5 Å². The molecule has 2 bridgehead atoms. The van der Waals surface area contributed by atoms with Crippen LogP contribution in [0.4, 0.5) is 10.2 Å². The van der Waals surface area contributed by atoms with E-state index >= 15 is 0 Å². The summed E-state index contributed by atoms with van der Waals surface area (Å²) in [6.07, 6.45) is 9.08. The largest absolute Gasteiger partial charge is 0.349 e. The molecule has 2 aliphatic rings. The van der Waals surface area contributed by atoms with Crippen molar-refractivity contribution in [1.29, 1.82) is 0 Å². The van der Waals surface area contributed by atoms with Gasteiger partial charge in [-0.1, -0.05) is 6.92 Å². The minimum absolute atomic E-state index is 0.00935. The van der Waals surface area contributed by atoms with E-state index in [2.05, 4.69) is 21.9 Å². The molecule has 0 saturated carbocycles. The number of rotatable bonds is 2. The van der Waals surface area contributed by atoms with Gasteiger partial charge in [0, 0.05) is 43.7 Å². The van der Waals surface area contributed by atoms with Crippen LogP contribution in [0.1, 0.15) is 54.3 Å². The zero-order chi connectivity index (χ0) is 22.4. The molecule has 0 aromatic carbocycles. The number of pyridine rings is 1. The fourth-order valence-corrected chi connectivity index (χ4v) is 5.64. The molecule has 2 aliphatic heterocycles. The fraction of sp³-hybridized carbons (Fsp3) is 0.455. The van der Waals surface area contributed by atoms with Gasteiger partial charge < -0.3 is 4.90 Å². The van der Waals surface area contributed by atoms with Crippen molar-refractivity contribution in [2.45, 2.75) is 45.2 Å². The molecule has 5 rings (SSSR count). The van der Waals surface area contributed by atoms with E-state index in [9.17, 15) is 9.18 Å². The van der Waals surface area contributed by atoms with E-state index in [1.807, 2.05) is 30.5 Å². The summed E-state index contributed by atoms with van der Waals surface area (Å²) in [6, 6.07) is 3.50. The number of aromatic nitrogens is 4. The topological polar surface area (TPSA) is 69.9 Å². The van der Waals surface area contributed by atoms with Crippen molar-refractivity contribution in [2.24, 2.45) is 0 Å². The molecule has 3 aromatic heterocycles. The lowest BCUT2D eigenvalue weighted by Crippen LogP contribution is -2.47. The van der Waals surface area contributed by atoms with Crippen LogP contribution >= 0.6 is 11.9 Å². The summed E-state index contributed by atoms with van der Waals surface area (Å²) in [5.74, 6) is 0.276. The molecule has 3 aromatic rings. The first-order valence-electron chi connectivity index (χ1n) is 10.9. The Labute approximate surface area is 190 Å². The molecule has 8 nitrogen and oxygen atoms in total. The maximum atomic E-state index is 14.3. The van der Waals surface area contributed by atoms with Gasteiger partial charge in [0.15, 0.2) is 5.65 Å². The molecule has 1 amide bonds. The summed E-state index contributed by atoms with van der Waals surface area (Å²) in [7, 11) is 0. The fourth-order valence-electron chi connectivity index (χ4n) is 4.89. The minimum Gasteiger partial charge on any atom is -0.349 e. The minimum atomic E-state index is -0.331. The quantitative estimate of drug-likeness (QED) is 0.548. The third-order valence-electron chi connectivity index (χ3n) is 6.36. The van der Waals surface area contributed by atoms with Gasteiger partial charge in [0.2, 0.25) is 0 Å². The van der Waals surface area contributed by atoms with Crippen LogP contribution in [0.2, 0.25) is 0 Å². The van der Waals surface area contributed by atoms with Crippen LogP contribution in [0.25, 0.3) is 5.65 Å². The molecule has 0 N–H and O–H groups in total. The number of amides is 1. The summed E-state index contributed by atoms with van der Waals surface area (Å²) in [4.78, 5) is 25.1. The van der Waals surface area contributed by atoms with Crippen LogP contribution < -0.4 is 4.90 Å². The number of hydrogen-bond donors (Lipinski definition) is 0. The molecule has 0 radical (unpaired) electrons. The highest BCUT2D eigenvalue weighted by molar-refractivity contribution is 7.96. The SMILES string of the molecule is CCN1[C@@H](C)Cc2ncc(F)cc2C2CCCN2c2ccn3ncc(c3n2)C(=O)N1SC. The molecule has 2 atom stereocenters. The van der Waals surface area contributed by atoms with Gasteiger partial charge in [-0.15, -0.1) is 0 Å². The molecule has 1 unspecified atom stereocenters. The molecule has 32 heavy (non-hydrogen) atoms. The average molecular weight is 456 g/mol.